The highest BCUT2D eigenvalue weighted by Gasteiger charge is 2.35. The van der Waals surface area contributed by atoms with Crippen molar-refractivity contribution in [3.05, 3.63) is 0 Å². The van der Waals surface area contributed by atoms with Gasteiger partial charge in [-0.25, -0.2) is 4.90 Å². The van der Waals surface area contributed by atoms with Gasteiger partial charge in [0.1, 0.15) is 5.97 Å². The zero-order valence-electron chi connectivity index (χ0n) is 13.3. The summed E-state index contributed by atoms with van der Waals surface area (Å²) < 4.78 is 0. The normalized spacial score (nSPS) is 23.3. The van der Waals surface area contributed by atoms with Gasteiger partial charge in [-0.1, -0.05) is 46.0 Å². The van der Waals surface area contributed by atoms with Crippen LogP contribution in [0.2, 0.25) is 0 Å². The molecule has 1 N–H and O–H groups in total. The topological polar surface area (TPSA) is 47.8 Å². The molecule has 0 bridgehead atoms. The third kappa shape index (κ3) is 5.80. The molecule has 2 atom stereocenters. The molecular weight excluding hydrogens is 252 g/mol. The maximum atomic E-state index is 11.4. The molecule has 0 spiro atoms. The van der Waals surface area contributed by atoms with Crippen LogP contribution < -0.4 is 10.0 Å². The molecule has 4 heteroatoms. The number of hydrogen-bond acceptors (Lipinski definition) is 3. The smallest absolute Gasteiger partial charge is 0.185 e. The minimum Gasteiger partial charge on any atom is -0.543 e. The molecule has 1 aliphatic rings. The van der Waals surface area contributed by atoms with Crippen molar-refractivity contribution in [1.82, 2.24) is 4.90 Å². The lowest BCUT2D eigenvalue weighted by atomic mass is 10.2. The summed E-state index contributed by atoms with van der Waals surface area (Å²) in [4.78, 5) is 14.8. The summed E-state index contributed by atoms with van der Waals surface area (Å²) in [6, 6.07) is 0. The van der Waals surface area contributed by atoms with E-state index in [0.717, 1.165) is 39.0 Å². The van der Waals surface area contributed by atoms with Crippen molar-refractivity contribution in [2.45, 2.75) is 71.4 Å². The lowest BCUT2D eigenvalue weighted by molar-refractivity contribution is -0.911. The highest BCUT2D eigenvalue weighted by Crippen LogP contribution is 2.05. The van der Waals surface area contributed by atoms with Gasteiger partial charge in [-0.3, -0.25) is 0 Å². The van der Waals surface area contributed by atoms with Gasteiger partial charge in [0.15, 0.2) is 6.17 Å². The Hall–Kier alpha value is -0.610. The molecule has 4 nitrogen and oxygen atoms in total. The van der Waals surface area contributed by atoms with Crippen molar-refractivity contribution in [3.63, 3.8) is 0 Å². The van der Waals surface area contributed by atoms with E-state index in [1.54, 1.807) is 0 Å². The number of nitrogens with zero attached hydrogens (tertiary/aromatic N) is 1. The fourth-order valence-electron chi connectivity index (χ4n) is 3.15. The molecule has 1 saturated heterocycles. The fraction of sp³-hybridized carbons (Fsp3) is 0.938. The minimum atomic E-state index is -0.886. The van der Waals surface area contributed by atoms with Crippen LogP contribution in [0.3, 0.4) is 0 Å². The summed E-state index contributed by atoms with van der Waals surface area (Å²) in [6.07, 6.45) is 9.22. The molecule has 20 heavy (non-hydrogen) atoms. The summed E-state index contributed by atoms with van der Waals surface area (Å²) in [5.74, 6) is -0.886. The Morgan fingerprint density at radius 3 is 2.35 bits per heavy atom. The highest BCUT2D eigenvalue weighted by atomic mass is 16.4. The van der Waals surface area contributed by atoms with Crippen molar-refractivity contribution < 1.29 is 14.8 Å². The molecule has 0 aliphatic carbocycles. The number of carboxylic acids is 1. The van der Waals surface area contributed by atoms with Gasteiger partial charge in [0, 0.05) is 6.54 Å². The predicted molar refractivity (Wildman–Crippen MR) is 79.3 cm³/mol. The maximum absolute atomic E-state index is 11.4. The van der Waals surface area contributed by atoms with Gasteiger partial charge in [-0.05, 0) is 19.3 Å². The van der Waals surface area contributed by atoms with Crippen LogP contribution >= 0.6 is 0 Å². The van der Waals surface area contributed by atoms with E-state index in [0.29, 0.717) is 0 Å². The first-order chi connectivity index (χ1) is 9.70. The molecule has 0 saturated carbocycles. The zero-order valence-corrected chi connectivity index (χ0v) is 13.3. The maximum Gasteiger partial charge on any atom is 0.185 e. The van der Waals surface area contributed by atoms with E-state index in [1.165, 1.54) is 43.4 Å². The quantitative estimate of drug-likeness (QED) is 0.560. The summed E-state index contributed by atoms with van der Waals surface area (Å²) in [7, 11) is 0. The van der Waals surface area contributed by atoms with Crippen LogP contribution in [-0.2, 0) is 4.79 Å². The van der Waals surface area contributed by atoms with Gasteiger partial charge < -0.3 is 14.8 Å². The van der Waals surface area contributed by atoms with Crippen molar-refractivity contribution >= 4 is 5.97 Å². The fourth-order valence-corrected chi connectivity index (χ4v) is 3.15. The molecule has 1 aliphatic heterocycles. The van der Waals surface area contributed by atoms with Crippen LogP contribution in [0.25, 0.3) is 0 Å². The molecular formula is C16H32N2O2. The van der Waals surface area contributed by atoms with Crippen LogP contribution in [0.1, 0.15) is 65.2 Å². The van der Waals surface area contributed by atoms with E-state index < -0.39 is 12.1 Å². The number of carboxylic acid groups (broad SMARTS) is 1. The number of unbranched alkanes of at least 4 members (excludes halogenated alkanes) is 6. The molecule has 118 valence electrons. The Morgan fingerprint density at radius 2 is 1.75 bits per heavy atom. The lowest BCUT2D eigenvalue weighted by Crippen LogP contribution is -3.16. The standard InChI is InChI=1S/C16H32N2O2/c1-3-5-7-9-11-17-13-14-18(15(17)16(19)20)12-10-8-6-4-2/h15H,3-14H2,1-2H3,(H,19,20). The Balaban J connectivity index is 2.34. The number of rotatable bonds is 11. The van der Waals surface area contributed by atoms with Crippen molar-refractivity contribution in [3.8, 4) is 0 Å². The second kappa shape index (κ2) is 10.2. The van der Waals surface area contributed by atoms with Crippen molar-refractivity contribution in [2.75, 3.05) is 26.2 Å². The number of carbonyl (C=O) groups excluding carboxylic acids is 1. The van der Waals surface area contributed by atoms with Gasteiger partial charge in [0.05, 0.1) is 19.6 Å². The summed E-state index contributed by atoms with van der Waals surface area (Å²) in [6.45, 7) is 8.15. The third-order valence-corrected chi connectivity index (χ3v) is 4.35. The molecule has 0 aromatic rings. The van der Waals surface area contributed by atoms with E-state index in [2.05, 4.69) is 18.7 Å². The van der Waals surface area contributed by atoms with E-state index >= 15 is 0 Å². The van der Waals surface area contributed by atoms with E-state index in [9.17, 15) is 9.90 Å². The SMILES string of the molecule is CCCCCCN1CC[NH+](CCCCCC)C1C(=O)[O-]. The predicted octanol–water partition coefficient (Wildman–Crippen LogP) is 0.424. The molecule has 2 unspecified atom stereocenters. The average molecular weight is 284 g/mol. The Morgan fingerprint density at radius 1 is 1.10 bits per heavy atom. The Kier molecular flexibility index (Phi) is 8.86. The van der Waals surface area contributed by atoms with E-state index in [4.69, 9.17) is 0 Å². The first-order valence-corrected chi connectivity index (χ1v) is 8.50. The second-order valence-corrected chi connectivity index (χ2v) is 6.04. The van der Waals surface area contributed by atoms with Crippen LogP contribution in [0.4, 0.5) is 0 Å². The van der Waals surface area contributed by atoms with Crippen molar-refractivity contribution in [2.24, 2.45) is 0 Å². The number of quaternary nitrogens is 1. The zero-order chi connectivity index (χ0) is 14.8. The molecule has 0 radical (unpaired) electrons. The number of hydrogen-bond donors (Lipinski definition) is 1. The molecule has 0 aromatic carbocycles. The van der Waals surface area contributed by atoms with E-state index in [-0.39, 0.29) is 0 Å². The first-order valence-electron chi connectivity index (χ1n) is 8.50. The van der Waals surface area contributed by atoms with E-state index in [1.807, 2.05) is 0 Å². The second-order valence-electron chi connectivity index (χ2n) is 6.04. The minimum absolute atomic E-state index is 0.404. The van der Waals surface area contributed by atoms with Gasteiger partial charge in [0.25, 0.3) is 0 Å². The largest absolute Gasteiger partial charge is 0.543 e. The monoisotopic (exact) mass is 284 g/mol. The number of carbonyl (C=O) groups is 1. The average Bonchev–Trinajstić information content (AvgIpc) is 2.83. The molecule has 1 rings (SSSR count). The van der Waals surface area contributed by atoms with Gasteiger partial charge in [0.2, 0.25) is 0 Å². The van der Waals surface area contributed by atoms with Crippen molar-refractivity contribution in [1.29, 1.82) is 0 Å². The molecule has 1 heterocycles. The van der Waals surface area contributed by atoms with Gasteiger partial charge in [-0.2, -0.15) is 0 Å². The molecule has 1 fully saturated rings. The van der Waals surface area contributed by atoms with Crippen LogP contribution in [0.15, 0.2) is 0 Å². The Labute approximate surface area is 124 Å². The first kappa shape index (κ1) is 17.4. The summed E-state index contributed by atoms with van der Waals surface area (Å²) in [5.41, 5.74) is 0. The number of aliphatic carboxylic acids is 1. The molecule has 0 aromatic heterocycles. The lowest BCUT2D eigenvalue weighted by Gasteiger charge is -2.27. The van der Waals surface area contributed by atoms with Crippen LogP contribution in [0.5, 0.6) is 0 Å². The summed E-state index contributed by atoms with van der Waals surface area (Å²) >= 11 is 0. The summed E-state index contributed by atoms with van der Waals surface area (Å²) in [5, 5.41) is 11.4. The van der Waals surface area contributed by atoms with Gasteiger partial charge >= 0.3 is 0 Å². The van der Waals surface area contributed by atoms with Crippen LogP contribution in [0, 0.1) is 0 Å². The number of nitrogens with one attached hydrogen (secondary N) is 1. The van der Waals surface area contributed by atoms with Crippen LogP contribution in [-0.4, -0.2) is 43.2 Å². The Bertz CT molecular complexity index is 251. The molecule has 0 amide bonds. The highest BCUT2D eigenvalue weighted by molar-refractivity contribution is 5.69. The third-order valence-electron chi connectivity index (χ3n) is 4.35. The van der Waals surface area contributed by atoms with Gasteiger partial charge in [-0.15, -0.1) is 0 Å².